The van der Waals surface area contributed by atoms with Gasteiger partial charge in [-0.3, -0.25) is 0 Å². The first kappa shape index (κ1) is 18.4. The van der Waals surface area contributed by atoms with E-state index in [1.54, 1.807) is 12.1 Å². The van der Waals surface area contributed by atoms with Crippen molar-refractivity contribution < 1.29 is 8.42 Å². The van der Waals surface area contributed by atoms with Gasteiger partial charge in [0.2, 0.25) is 10.0 Å². The van der Waals surface area contributed by atoms with Crippen molar-refractivity contribution in [2.24, 2.45) is 16.5 Å². The Labute approximate surface area is 140 Å². The van der Waals surface area contributed by atoms with Crippen molar-refractivity contribution in [3.8, 4) is 0 Å². The van der Waals surface area contributed by atoms with Crippen LogP contribution in [-0.4, -0.2) is 21.0 Å². The zero-order valence-electron chi connectivity index (χ0n) is 14.5. The molecule has 1 aromatic carbocycles. The Morgan fingerprint density at radius 1 is 1.09 bits per heavy atom. The second kappa shape index (κ2) is 7.32. The molecule has 0 amide bonds. The van der Waals surface area contributed by atoms with Gasteiger partial charge in [-0.05, 0) is 67.7 Å². The van der Waals surface area contributed by atoms with Crippen LogP contribution in [0.2, 0.25) is 0 Å². The van der Waals surface area contributed by atoms with Crippen molar-refractivity contribution in [2.75, 3.05) is 6.54 Å². The first-order chi connectivity index (χ1) is 10.7. The number of nitrogens with one attached hydrogen (secondary N) is 1. The Morgan fingerprint density at radius 3 is 2.13 bits per heavy atom. The Hall–Kier alpha value is -0.910. The molecule has 1 aromatic rings. The molecule has 23 heavy (non-hydrogen) atoms. The van der Waals surface area contributed by atoms with Gasteiger partial charge in [0.25, 0.3) is 0 Å². The molecule has 5 heteroatoms. The van der Waals surface area contributed by atoms with Gasteiger partial charge < -0.3 is 5.32 Å². The van der Waals surface area contributed by atoms with Gasteiger partial charge in [-0.2, -0.15) is 0 Å². The van der Waals surface area contributed by atoms with Crippen molar-refractivity contribution in [1.82, 2.24) is 5.32 Å². The van der Waals surface area contributed by atoms with Crippen molar-refractivity contribution in [2.45, 2.75) is 63.8 Å². The van der Waals surface area contributed by atoms with Crippen LogP contribution >= 0.6 is 0 Å². The lowest BCUT2D eigenvalue weighted by molar-refractivity contribution is 0.160. The lowest BCUT2D eigenvalue weighted by Crippen LogP contribution is -2.37. The highest BCUT2D eigenvalue weighted by Crippen LogP contribution is 2.37. The quantitative estimate of drug-likeness (QED) is 0.866. The van der Waals surface area contributed by atoms with Gasteiger partial charge in [0.1, 0.15) is 0 Å². The highest BCUT2D eigenvalue weighted by molar-refractivity contribution is 7.89. The molecule has 0 aliphatic heterocycles. The largest absolute Gasteiger partial charge is 0.314 e. The molecule has 0 radical (unpaired) electrons. The second-order valence-electron chi connectivity index (χ2n) is 7.81. The summed E-state index contributed by atoms with van der Waals surface area (Å²) in [6, 6.07) is 7.48. The number of benzene rings is 1. The zero-order valence-corrected chi connectivity index (χ0v) is 15.3. The maximum atomic E-state index is 11.2. The maximum Gasteiger partial charge on any atom is 0.238 e. The molecular weight excluding hydrogens is 308 g/mol. The van der Waals surface area contributed by atoms with Gasteiger partial charge in [0.15, 0.2) is 0 Å². The molecule has 3 N–H and O–H groups in total. The molecule has 0 unspecified atom stereocenters. The number of hydrogen-bond acceptors (Lipinski definition) is 3. The first-order valence-corrected chi connectivity index (χ1v) is 10.1. The molecule has 0 aromatic heterocycles. The van der Waals surface area contributed by atoms with Crippen LogP contribution in [0, 0.1) is 11.3 Å². The van der Waals surface area contributed by atoms with E-state index in [4.69, 9.17) is 5.14 Å². The molecule has 130 valence electrons. The summed E-state index contributed by atoms with van der Waals surface area (Å²) >= 11 is 0. The minimum atomic E-state index is -3.59. The summed E-state index contributed by atoms with van der Waals surface area (Å²) in [5, 5.41) is 8.75. The van der Waals surface area contributed by atoms with Crippen LogP contribution in [-0.2, 0) is 16.4 Å². The number of rotatable bonds is 5. The van der Waals surface area contributed by atoms with Crippen molar-refractivity contribution in [1.29, 1.82) is 0 Å². The monoisotopic (exact) mass is 338 g/mol. The molecule has 2 rings (SSSR count). The van der Waals surface area contributed by atoms with E-state index in [-0.39, 0.29) is 4.90 Å². The minimum Gasteiger partial charge on any atom is -0.314 e. The fourth-order valence-corrected chi connectivity index (χ4v) is 3.95. The lowest BCUT2D eigenvalue weighted by atomic mass is 9.71. The van der Waals surface area contributed by atoms with E-state index in [9.17, 15) is 8.42 Å². The van der Waals surface area contributed by atoms with Crippen LogP contribution in [0.15, 0.2) is 29.2 Å². The van der Waals surface area contributed by atoms with Gasteiger partial charge in [-0.25, -0.2) is 13.6 Å². The molecule has 0 atom stereocenters. The summed E-state index contributed by atoms with van der Waals surface area (Å²) in [4.78, 5) is 0.176. The maximum absolute atomic E-state index is 11.2. The smallest absolute Gasteiger partial charge is 0.238 e. The van der Waals surface area contributed by atoms with E-state index in [1.165, 1.54) is 25.7 Å². The number of hydrogen-bond donors (Lipinski definition) is 2. The SMILES string of the molecule is CC(C)(C)C1CCC(NCCc2ccc(S(N)(=O)=O)cc2)CC1. The summed E-state index contributed by atoms with van der Waals surface area (Å²) in [6.45, 7) is 7.96. The van der Waals surface area contributed by atoms with E-state index in [1.807, 2.05) is 12.1 Å². The molecule has 0 bridgehead atoms. The summed E-state index contributed by atoms with van der Waals surface area (Å²) in [5.74, 6) is 0.839. The topological polar surface area (TPSA) is 72.2 Å². The molecule has 0 saturated heterocycles. The number of primary sulfonamides is 1. The molecule has 1 aliphatic carbocycles. The van der Waals surface area contributed by atoms with Gasteiger partial charge >= 0.3 is 0 Å². The Morgan fingerprint density at radius 2 is 1.65 bits per heavy atom. The van der Waals surface area contributed by atoms with Crippen LogP contribution in [0.1, 0.15) is 52.0 Å². The fraction of sp³-hybridized carbons (Fsp3) is 0.667. The van der Waals surface area contributed by atoms with Gasteiger partial charge in [0, 0.05) is 6.04 Å². The average Bonchev–Trinajstić information content (AvgIpc) is 2.46. The van der Waals surface area contributed by atoms with E-state index in [0.717, 1.165) is 24.4 Å². The van der Waals surface area contributed by atoms with E-state index >= 15 is 0 Å². The van der Waals surface area contributed by atoms with E-state index in [2.05, 4.69) is 26.1 Å². The third-order valence-corrected chi connectivity index (χ3v) is 5.98. The van der Waals surface area contributed by atoms with Crippen LogP contribution in [0.5, 0.6) is 0 Å². The van der Waals surface area contributed by atoms with Gasteiger partial charge in [-0.15, -0.1) is 0 Å². The van der Waals surface area contributed by atoms with Gasteiger partial charge in [0.05, 0.1) is 4.90 Å². The lowest BCUT2D eigenvalue weighted by Gasteiger charge is -2.37. The molecular formula is C18H30N2O2S. The molecule has 1 fully saturated rings. The van der Waals surface area contributed by atoms with Crippen molar-refractivity contribution >= 4 is 10.0 Å². The number of nitrogens with two attached hydrogens (primary N) is 1. The van der Waals surface area contributed by atoms with Crippen LogP contribution in [0.3, 0.4) is 0 Å². The average molecular weight is 339 g/mol. The Bertz CT molecular complexity index is 595. The second-order valence-corrected chi connectivity index (χ2v) is 9.37. The summed E-state index contributed by atoms with van der Waals surface area (Å²) in [7, 11) is -3.59. The highest BCUT2D eigenvalue weighted by atomic mass is 32.2. The predicted molar refractivity (Wildman–Crippen MR) is 94.7 cm³/mol. The zero-order chi connectivity index (χ0) is 17.1. The summed E-state index contributed by atoms with van der Waals surface area (Å²) in [5.41, 5.74) is 1.56. The summed E-state index contributed by atoms with van der Waals surface area (Å²) in [6.07, 6.45) is 6.04. The highest BCUT2D eigenvalue weighted by Gasteiger charge is 2.29. The first-order valence-electron chi connectivity index (χ1n) is 8.51. The standard InChI is InChI=1S/C18H30N2O2S/c1-18(2,3)15-6-8-16(9-7-15)20-13-12-14-4-10-17(11-5-14)23(19,21)22/h4-5,10-11,15-16,20H,6-9,12-13H2,1-3H3,(H2,19,21,22). The number of sulfonamides is 1. The van der Waals surface area contributed by atoms with Crippen LogP contribution in [0.4, 0.5) is 0 Å². The Balaban J connectivity index is 1.74. The van der Waals surface area contributed by atoms with Crippen LogP contribution < -0.4 is 10.5 Å². The fourth-order valence-electron chi connectivity index (χ4n) is 3.43. The van der Waals surface area contributed by atoms with Crippen molar-refractivity contribution in [3.63, 3.8) is 0 Å². The van der Waals surface area contributed by atoms with Crippen LogP contribution in [0.25, 0.3) is 0 Å². The minimum absolute atomic E-state index is 0.176. The molecule has 4 nitrogen and oxygen atoms in total. The third-order valence-electron chi connectivity index (χ3n) is 5.05. The van der Waals surface area contributed by atoms with Gasteiger partial charge in [-0.1, -0.05) is 32.9 Å². The summed E-state index contributed by atoms with van der Waals surface area (Å²) < 4.78 is 22.5. The predicted octanol–water partition coefficient (Wildman–Crippen LogP) is 3.07. The van der Waals surface area contributed by atoms with Crippen molar-refractivity contribution in [3.05, 3.63) is 29.8 Å². The molecule has 1 saturated carbocycles. The Kier molecular flexibility index (Phi) is 5.87. The molecule has 1 aliphatic rings. The molecule has 0 heterocycles. The van der Waals surface area contributed by atoms with E-state index < -0.39 is 10.0 Å². The van der Waals surface area contributed by atoms with E-state index in [0.29, 0.717) is 11.5 Å². The normalized spacial score (nSPS) is 23.0. The molecule has 0 spiro atoms. The third kappa shape index (κ3) is 5.59.